The van der Waals surface area contributed by atoms with Crippen LogP contribution >= 0.6 is 12.4 Å². The third-order valence-electron chi connectivity index (χ3n) is 5.57. The van der Waals surface area contributed by atoms with Crippen LogP contribution in [0, 0.1) is 12.8 Å². The van der Waals surface area contributed by atoms with E-state index >= 15 is 0 Å². The monoisotopic (exact) mass is 373 g/mol. The molecule has 1 saturated carbocycles. The Morgan fingerprint density at radius 2 is 1.62 bits per heavy atom. The minimum atomic E-state index is 0. The summed E-state index contributed by atoms with van der Waals surface area (Å²) in [6, 6.07) is 19.9. The summed E-state index contributed by atoms with van der Waals surface area (Å²) in [6.07, 6.45) is 5.35. The van der Waals surface area contributed by atoms with E-state index in [1.807, 2.05) is 0 Å². The molecule has 2 aromatic carbocycles. The predicted molar refractivity (Wildman–Crippen MR) is 112 cm³/mol. The number of benzene rings is 2. The largest absolute Gasteiger partial charge is 0.373 e. The second kappa shape index (κ2) is 10.1. The van der Waals surface area contributed by atoms with E-state index in [2.05, 4.69) is 80.5 Å². The van der Waals surface area contributed by atoms with Crippen LogP contribution in [0.1, 0.15) is 48.4 Å². The fraction of sp³-hybridized carbons (Fsp3) is 0.478. The molecule has 0 amide bonds. The van der Waals surface area contributed by atoms with E-state index in [0.29, 0.717) is 18.1 Å². The van der Waals surface area contributed by atoms with Crippen LogP contribution in [0.5, 0.6) is 0 Å². The molecule has 0 spiro atoms. The standard InChI is InChI=1S/C23H31NO.ClH/c1-18-11-7-8-14-20(18)17-25-22-16-10-9-15-21(22)23(24(2)3)19-12-5-4-6-13-19;/h4-8,11-14,21-23H,9-10,15-17H2,1-3H3;1H. The van der Waals surface area contributed by atoms with Crippen molar-refractivity contribution in [1.29, 1.82) is 0 Å². The van der Waals surface area contributed by atoms with Gasteiger partial charge in [-0.25, -0.2) is 0 Å². The zero-order valence-electron chi connectivity index (χ0n) is 16.2. The SMILES string of the molecule is Cc1ccccc1COC1CCCCC1C(c1ccccc1)N(C)C.Cl. The van der Waals surface area contributed by atoms with Gasteiger partial charge in [-0.15, -0.1) is 12.4 Å². The summed E-state index contributed by atoms with van der Waals surface area (Å²) < 4.78 is 6.49. The number of hydrogen-bond acceptors (Lipinski definition) is 2. The highest BCUT2D eigenvalue weighted by Crippen LogP contribution is 2.39. The molecule has 3 atom stereocenters. The summed E-state index contributed by atoms with van der Waals surface area (Å²) in [7, 11) is 4.40. The van der Waals surface area contributed by atoms with Gasteiger partial charge in [0.2, 0.25) is 0 Å². The van der Waals surface area contributed by atoms with Gasteiger partial charge in [-0.2, -0.15) is 0 Å². The Morgan fingerprint density at radius 3 is 2.31 bits per heavy atom. The van der Waals surface area contributed by atoms with Crippen molar-refractivity contribution in [2.45, 2.75) is 51.4 Å². The van der Waals surface area contributed by atoms with Crippen molar-refractivity contribution >= 4 is 12.4 Å². The zero-order valence-corrected chi connectivity index (χ0v) is 17.0. The van der Waals surface area contributed by atoms with Gasteiger partial charge in [0, 0.05) is 12.0 Å². The number of hydrogen-bond donors (Lipinski definition) is 0. The van der Waals surface area contributed by atoms with Crippen molar-refractivity contribution in [3.05, 3.63) is 71.3 Å². The average Bonchev–Trinajstić information content (AvgIpc) is 2.63. The van der Waals surface area contributed by atoms with Crippen molar-refractivity contribution in [1.82, 2.24) is 4.90 Å². The van der Waals surface area contributed by atoms with Crippen LogP contribution in [-0.2, 0) is 11.3 Å². The highest BCUT2D eigenvalue weighted by Gasteiger charge is 2.34. The van der Waals surface area contributed by atoms with Crippen LogP contribution in [-0.4, -0.2) is 25.1 Å². The van der Waals surface area contributed by atoms with Crippen molar-refractivity contribution in [2.75, 3.05) is 14.1 Å². The zero-order chi connectivity index (χ0) is 17.6. The van der Waals surface area contributed by atoms with Gasteiger partial charge in [0.15, 0.2) is 0 Å². The fourth-order valence-electron chi connectivity index (χ4n) is 4.24. The van der Waals surface area contributed by atoms with Gasteiger partial charge < -0.3 is 9.64 Å². The van der Waals surface area contributed by atoms with Crippen LogP contribution in [0.2, 0.25) is 0 Å². The van der Waals surface area contributed by atoms with E-state index in [0.717, 1.165) is 6.61 Å². The molecule has 0 radical (unpaired) electrons. The third kappa shape index (κ3) is 5.09. The highest BCUT2D eigenvalue weighted by atomic mass is 35.5. The molecule has 142 valence electrons. The minimum absolute atomic E-state index is 0. The number of nitrogens with zero attached hydrogens (tertiary/aromatic N) is 1. The molecule has 1 aliphatic rings. The van der Waals surface area contributed by atoms with Gasteiger partial charge in [-0.1, -0.05) is 67.4 Å². The van der Waals surface area contributed by atoms with E-state index in [1.54, 1.807) is 0 Å². The van der Waals surface area contributed by atoms with E-state index < -0.39 is 0 Å². The number of halogens is 1. The van der Waals surface area contributed by atoms with Crippen molar-refractivity contribution in [3.63, 3.8) is 0 Å². The second-order valence-corrected chi connectivity index (χ2v) is 7.54. The normalized spacial score (nSPS) is 21.2. The molecule has 2 aromatic rings. The highest BCUT2D eigenvalue weighted by molar-refractivity contribution is 5.85. The molecular formula is C23H32ClNO. The lowest BCUT2D eigenvalue weighted by molar-refractivity contribution is -0.0465. The maximum absolute atomic E-state index is 6.49. The molecular weight excluding hydrogens is 342 g/mol. The summed E-state index contributed by atoms with van der Waals surface area (Å²) in [6.45, 7) is 2.90. The van der Waals surface area contributed by atoms with Crippen LogP contribution in [0.3, 0.4) is 0 Å². The summed E-state index contributed by atoms with van der Waals surface area (Å²) in [5.74, 6) is 0.551. The molecule has 0 bridgehead atoms. The molecule has 1 aliphatic carbocycles. The molecule has 0 aromatic heterocycles. The number of ether oxygens (including phenoxy) is 1. The molecule has 0 saturated heterocycles. The quantitative estimate of drug-likeness (QED) is 0.634. The Labute approximate surface area is 165 Å². The summed E-state index contributed by atoms with van der Waals surface area (Å²) in [5, 5.41) is 0. The van der Waals surface area contributed by atoms with Crippen LogP contribution in [0.4, 0.5) is 0 Å². The number of rotatable bonds is 6. The minimum Gasteiger partial charge on any atom is -0.373 e. The van der Waals surface area contributed by atoms with E-state index in [1.165, 1.54) is 42.4 Å². The summed E-state index contributed by atoms with van der Waals surface area (Å²) >= 11 is 0. The van der Waals surface area contributed by atoms with Crippen molar-refractivity contribution < 1.29 is 4.74 Å². The maximum atomic E-state index is 6.49. The molecule has 3 unspecified atom stereocenters. The van der Waals surface area contributed by atoms with Gasteiger partial charge in [0.1, 0.15) is 0 Å². The smallest absolute Gasteiger partial charge is 0.0723 e. The fourth-order valence-corrected chi connectivity index (χ4v) is 4.24. The Bertz CT molecular complexity index is 658. The van der Waals surface area contributed by atoms with Gasteiger partial charge in [0.05, 0.1) is 12.7 Å². The molecule has 3 heteroatoms. The van der Waals surface area contributed by atoms with E-state index in [9.17, 15) is 0 Å². The van der Waals surface area contributed by atoms with Gasteiger partial charge in [-0.05, 0) is 50.6 Å². The molecule has 26 heavy (non-hydrogen) atoms. The van der Waals surface area contributed by atoms with Crippen LogP contribution < -0.4 is 0 Å². The topological polar surface area (TPSA) is 12.5 Å². The third-order valence-corrected chi connectivity index (χ3v) is 5.57. The summed E-state index contributed by atoms with van der Waals surface area (Å²) in [5.41, 5.74) is 4.04. The van der Waals surface area contributed by atoms with Crippen LogP contribution in [0.25, 0.3) is 0 Å². The molecule has 3 rings (SSSR count). The molecule has 1 fully saturated rings. The lowest BCUT2D eigenvalue weighted by Crippen LogP contribution is -2.38. The average molecular weight is 374 g/mol. The van der Waals surface area contributed by atoms with E-state index in [-0.39, 0.29) is 12.4 Å². The van der Waals surface area contributed by atoms with Crippen molar-refractivity contribution in [3.8, 4) is 0 Å². The molecule has 0 N–H and O–H groups in total. The Kier molecular flexibility index (Phi) is 8.15. The summed E-state index contributed by atoms with van der Waals surface area (Å²) in [4.78, 5) is 2.37. The molecule has 0 heterocycles. The Balaban J connectivity index is 0.00000243. The number of aryl methyl sites for hydroxylation is 1. The first-order chi connectivity index (χ1) is 12.2. The van der Waals surface area contributed by atoms with Gasteiger partial charge in [-0.3, -0.25) is 0 Å². The van der Waals surface area contributed by atoms with Gasteiger partial charge in [0.25, 0.3) is 0 Å². The lowest BCUT2D eigenvalue weighted by atomic mass is 9.78. The van der Waals surface area contributed by atoms with Crippen LogP contribution in [0.15, 0.2) is 54.6 Å². The first-order valence-corrected chi connectivity index (χ1v) is 9.54. The first kappa shape index (κ1) is 21.0. The predicted octanol–water partition coefficient (Wildman–Crippen LogP) is 5.80. The molecule has 2 nitrogen and oxygen atoms in total. The Morgan fingerprint density at radius 1 is 0.962 bits per heavy atom. The van der Waals surface area contributed by atoms with E-state index in [4.69, 9.17) is 4.74 Å². The Hall–Kier alpha value is -1.35. The first-order valence-electron chi connectivity index (χ1n) is 9.54. The lowest BCUT2D eigenvalue weighted by Gasteiger charge is -2.40. The maximum Gasteiger partial charge on any atom is 0.0723 e. The van der Waals surface area contributed by atoms with Gasteiger partial charge >= 0.3 is 0 Å². The second-order valence-electron chi connectivity index (χ2n) is 7.54. The molecule has 0 aliphatic heterocycles. The van der Waals surface area contributed by atoms with Crippen molar-refractivity contribution in [2.24, 2.45) is 5.92 Å².